The van der Waals surface area contributed by atoms with Crippen LogP contribution in [-0.4, -0.2) is 48.1 Å². The Kier molecular flexibility index (Phi) is 5.00. The molecule has 0 atom stereocenters. The number of piperazine rings is 1. The molecule has 5 nitrogen and oxygen atoms in total. The number of aromatic nitrogens is 2. The van der Waals surface area contributed by atoms with Gasteiger partial charge in [0.05, 0.1) is 0 Å². The number of nitrogens with zero attached hydrogens (tertiary/aromatic N) is 4. The third-order valence-electron chi connectivity index (χ3n) is 4.50. The summed E-state index contributed by atoms with van der Waals surface area (Å²) >= 11 is 0. The van der Waals surface area contributed by atoms with E-state index in [-0.39, 0.29) is 0 Å². The maximum atomic E-state index is 4.72. The first-order chi connectivity index (χ1) is 11.5. The highest BCUT2D eigenvalue weighted by atomic mass is 15.3. The van der Waals surface area contributed by atoms with E-state index in [9.17, 15) is 0 Å². The van der Waals surface area contributed by atoms with Gasteiger partial charge in [-0.15, -0.1) is 0 Å². The number of nitrogens with one attached hydrogen (secondary N) is 1. The van der Waals surface area contributed by atoms with Gasteiger partial charge in [0.2, 0.25) is 5.95 Å². The summed E-state index contributed by atoms with van der Waals surface area (Å²) in [6, 6.07) is 10.6. The molecule has 1 aliphatic heterocycles. The zero-order valence-electron chi connectivity index (χ0n) is 15.1. The summed E-state index contributed by atoms with van der Waals surface area (Å²) in [5.74, 6) is 2.22. The third-order valence-corrected chi connectivity index (χ3v) is 4.50. The predicted molar refractivity (Wildman–Crippen MR) is 100 cm³/mol. The van der Waals surface area contributed by atoms with Gasteiger partial charge in [-0.1, -0.05) is 26.0 Å². The van der Waals surface area contributed by atoms with Crippen molar-refractivity contribution in [3.8, 4) is 0 Å². The summed E-state index contributed by atoms with van der Waals surface area (Å²) in [5, 5.41) is 3.34. The van der Waals surface area contributed by atoms with Crippen LogP contribution in [0.15, 0.2) is 30.3 Å². The molecule has 0 saturated carbocycles. The number of hydrogen-bond acceptors (Lipinski definition) is 5. The van der Waals surface area contributed by atoms with Gasteiger partial charge in [0.25, 0.3) is 0 Å². The van der Waals surface area contributed by atoms with E-state index >= 15 is 0 Å². The molecule has 0 unspecified atom stereocenters. The monoisotopic (exact) mass is 325 g/mol. The van der Waals surface area contributed by atoms with Gasteiger partial charge >= 0.3 is 0 Å². The predicted octanol–water partition coefficient (Wildman–Crippen LogP) is 3.40. The van der Waals surface area contributed by atoms with Gasteiger partial charge in [0, 0.05) is 43.6 Å². The highest BCUT2D eigenvalue weighted by molar-refractivity contribution is 5.56. The second-order valence-electron chi connectivity index (χ2n) is 6.88. The highest BCUT2D eigenvalue weighted by Gasteiger charge is 2.16. The van der Waals surface area contributed by atoms with E-state index in [4.69, 9.17) is 4.98 Å². The van der Waals surface area contributed by atoms with Gasteiger partial charge in [-0.05, 0) is 37.6 Å². The van der Waals surface area contributed by atoms with E-state index in [0.717, 1.165) is 43.4 Å². The molecule has 1 saturated heterocycles. The summed E-state index contributed by atoms with van der Waals surface area (Å²) in [7, 11) is 2.16. The minimum absolute atomic E-state index is 0.540. The van der Waals surface area contributed by atoms with Gasteiger partial charge in [-0.25, -0.2) is 4.98 Å². The van der Waals surface area contributed by atoms with Crippen LogP contribution in [0.25, 0.3) is 0 Å². The Morgan fingerprint density at radius 3 is 2.29 bits per heavy atom. The minimum Gasteiger partial charge on any atom is -0.354 e. The lowest BCUT2D eigenvalue weighted by atomic mass is 10.0. The Bertz CT molecular complexity index is 673. The van der Waals surface area contributed by atoms with Gasteiger partial charge < -0.3 is 15.1 Å². The van der Waals surface area contributed by atoms with Gasteiger partial charge in [0.15, 0.2) is 0 Å². The van der Waals surface area contributed by atoms with Crippen LogP contribution in [0.5, 0.6) is 0 Å². The van der Waals surface area contributed by atoms with Crippen LogP contribution in [0.2, 0.25) is 0 Å². The fraction of sp³-hybridized carbons (Fsp3) is 0.474. The smallest absolute Gasteiger partial charge is 0.229 e. The molecule has 3 rings (SSSR count). The first-order valence-corrected chi connectivity index (χ1v) is 8.67. The molecule has 128 valence electrons. The number of aryl methyl sites for hydroxylation is 1. The van der Waals surface area contributed by atoms with E-state index in [1.54, 1.807) is 0 Å². The second-order valence-corrected chi connectivity index (χ2v) is 6.88. The van der Waals surface area contributed by atoms with E-state index in [2.05, 4.69) is 71.3 Å². The van der Waals surface area contributed by atoms with Crippen molar-refractivity contribution in [2.45, 2.75) is 26.7 Å². The van der Waals surface area contributed by atoms with Crippen LogP contribution in [-0.2, 0) is 0 Å². The molecular weight excluding hydrogens is 298 g/mol. The quantitative estimate of drug-likeness (QED) is 0.933. The SMILES string of the molecule is Cc1cc(N2CCN(C)CC2)nc(Nc2ccc(C(C)C)cc2)n1. The zero-order chi connectivity index (χ0) is 17.1. The largest absolute Gasteiger partial charge is 0.354 e. The fourth-order valence-corrected chi connectivity index (χ4v) is 2.89. The van der Waals surface area contributed by atoms with Crippen LogP contribution in [0.4, 0.5) is 17.5 Å². The molecule has 0 spiro atoms. The van der Waals surface area contributed by atoms with Gasteiger partial charge in [0.1, 0.15) is 5.82 Å². The Hall–Kier alpha value is -2.14. The topological polar surface area (TPSA) is 44.3 Å². The lowest BCUT2D eigenvalue weighted by Gasteiger charge is -2.33. The number of likely N-dealkylation sites (N-methyl/N-ethyl adjacent to an activating group) is 1. The van der Waals surface area contributed by atoms with Crippen molar-refractivity contribution in [3.05, 3.63) is 41.6 Å². The summed E-state index contributed by atoms with van der Waals surface area (Å²) in [6.07, 6.45) is 0. The molecule has 24 heavy (non-hydrogen) atoms. The molecule has 5 heteroatoms. The van der Waals surface area contributed by atoms with E-state index in [1.807, 2.05) is 6.92 Å². The van der Waals surface area contributed by atoms with Crippen LogP contribution < -0.4 is 10.2 Å². The maximum Gasteiger partial charge on any atom is 0.229 e. The van der Waals surface area contributed by atoms with Crippen molar-refractivity contribution in [3.63, 3.8) is 0 Å². The van der Waals surface area contributed by atoms with Crippen molar-refractivity contribution in [2.75, 3.05) is 43.4 Å². The molecule has 1 aromatic heterocycles. The summed E-state index contributed by atoms with van der Waals surface area (Å²) < 4.78 is 0. The zero-order valence-corrected chi connectivity index (χ0v) is 15.1. The van der Waals surface area contributed by atoms with E-state index in [1.165, 1.54) is 5.56 Å². The molecular formula is C19H27N5. The van der Waals surface area contributed by atoms with Crippen LogP contribution in [0.1, 0.15) is 31.0 Å². The van der Waals surface area contributed by atoms with Crippen molar-refractivity contribution >= 4 is 17.5 Å². The Balaban J connectivity index is 1.76. The summed E-state index contributed by atoms with van der Waals surface area (Å²) in [5.41, 5.74) is 3.35. The lowest BCUT2D eigenvalue weighted by Crippen LogP contribution is -2.44. The lowest BCUT2D eigenvalue weighted by molar-refractivity contribution is 0.312. The molecule has 0 radical (unpaired) electrons. The number of rotatable bonds is 4. The van der Waals surface area contributed by atoms with Crippen molar-refractivity contribution in [1.82, 2.24) is 14.9 Å². The normalized spacial score (nSPS) is 15.8. The van der Waals surface area contributed by atoms with E-state index in [0.29, 0.717) is 11.9 Å². The Labute approximate surface area is 144 Å². The first kappa shape index (κ1) is 16.7. The van der Waals surface area contributed by atoms with Crippen LogP contribution in [0.3, 0.4) is 0 Å². The average Bonchev–Trinajstić information content (AvgIpc) is 2.55. The van der Waals surface area contributed by atoms with Crippen molar-refractivity contribution in [1.29, 1.82) is 0 Å². The summed E-state index contributed by atoms with van der Waals surface area (Å²) in [6.45, 7) is 10.6. The number of hydrogen-bond donors (Lipinski definition) is 1. The minimum atomic E-state index is 0.540. The standard InChI is InChI=1S/C19H27N5/c1-14(2)16-5-7-17(8-6-16)21-19-20-15(3)13-18(22-19)24-11-9-23(4)10-12-24/h5-8,13-14H,9-12H2,1-4H3,(H,20,21,22). The van der Waals surface area contributed by atoms with Crippen molar-refractivity contribution < 1.29 is 0 Å². The first-order valence-electron chi connectivity index (χ1n) is 8.67. The molecule has 1 N–H and O–H groups in total. The van der Waals surface area contributed by atoms with Crippen LogP contribution in [0, 0.1) is 6.92 Å². The molecule has 0 bridgehead atoms. The van der Waals surface area contributed by atoms with E-state index < -0.39 is 0 Å². The van der Waals surface area contributed by atoms with Gasteiger partial charge in [-0.3, -0.25) is 0 Å². The average molecular weight is 325 g/mol. The molecule has 1 aromatic carbocycles. The number of benzene rings is 1. The molecule has 2 aromatic rings. The second kappa shape index (κ2) is 7.18. The van der Waals surface area contributed by atoms with Crippen LogP contribution >= 0.6 is 0 Å². The third kappa shape index (κ3) is 4.03. The summed E-state index contributed by atoms with van der Waals surface area (Å²) in [4.78, 5) is 13.9. The molecule has 2 heterocycles. The Morgan fingerprint density at radius 2 is 1.67 bits per heavy atom. The number of anilines is 3. The molecule has 0 amide bonds. The van der Waals surface area contributed by atoms with Crippen molar-refractivity contribution in [2.24, 2.45) is 0 Å². The highest BCUT2D eigenvalue weighted by Crippen LogP contribution is 2.21. The molecule has 0 aliphatic carbocycles. The fourth-order valence-electron chi connectivity index (χ4n) is 2.89. The van der Waals surface area contributed by atoms with Gasteiger partial charge in [-0.2, -0.15) is 4.98 Å². The molecule has 1 fully saturated rings. The Morgan fingerprint density at radius 1 is 1.00 bits per heavy atom. The molecule has 1 aliphatic rings. The maximum absolute atomic E-state index is 4.72.